The fraction of sp³-hybridized carbons (Fsp3) is 0.964. The zero-order valence-electron chi connectivity index (χ0n) is 66.8. The van der Waals surface area contributed by atoms with Gasteiger partial charge in [0.25, 0.3) is 0 Å². The fourth-order valence-electron chi connectivity index (χ4n) is 13.8. The van der Waals surface area contributed by atoms with Gasteiger partial charge in [-0.2, -0.15) is 0 Å². The SMILES string of the molecule is CCCCCCCCCCCCCCCCCC(=O)NC(CO)(CO)CO[Si](CCC[N+](C)(C)CCCCCCCCCCCC)(OCC(CO)(CO)NC(=O)CCCCCCCCCCCCCCCCC)OCC(CO)(CO)NC(=O)CCCCCCCCCCCCCCCCC. The second-order valence-electron chi connectivity index (χ2n) is 31.8. The van der Waals surface area contributed by atoms with Gasteiger partial charge in [0.2, 0.25) is 17.7 Å². The summed E-state index contributed by atoms with van der Waals surface area (Å²) in [7, 11) is 0.00633. The first-order valence-corrected chi connectivity index (χ1v) is 44.9. The van der Waals surface area contributed by atoms with Crippen molar-refractivity contribution < 1.29 is 62.8 Å². The van der Waals surface area contributed by atoms with Crippen molar-refractivity contribution in [1.29, 1.82) is 0 Å². The van der Waals surface area contributed by atoms with Gasteiger partial charge in [0.1, 0.15) is 16.6 Å². The van der Waals surface area contributed by atoms with Gasteiger partial charge in [0.15, 0.2) is 0 Å². The maximum atomic E-state index is 13.8. The topological polar surface area (TPSA) is 236 Å². The molecule has 0 aliphatic carbocycles. The molecule has 3 amide bonds. The Balaban J connectivity index is 6.59. The molecule has 9 N–H and O–H groups in total. The van der Waals surface area contributed by atoms with Crippen LogP contribution in [0.4, 0.5) is 0 Å². The Morgan fingerprint density at radius 2 is 0.440 bits per heavy atom. The lowest BCUT2D eigenvalue weighted by Crippen LogP contribution is -2.64. The average molecular weight is 1440 g/mol. The summed E-state index contributed by atoms with van der Waals surface area (Å²) >= 11 is 0. The quantitative estimate of drug-likeness (QED) is 0.0157. The van der Waals surface area contributed by atoms with E-state index >= 15 is 0 Å². The van der Waals surface area contributed by atoms with Crippen LogP contribution in [0.1, 0.15) is 407 Å². The Kier molecular flexibility index (Phi) is 67.8. The number of carbonyl (C=O) groups is 3. The number of hydrogen-bond acceptors (Lipinski definition) is 12. The fourth-order valence-corrected chi connectivity index (χ4v) is 16.5. The Hall–Kier alpha value is -1.77. The summed E-state index contributed by atoms with van der Waals surface area (Å²) in [6.07, 6.45) is 67.1. The van der Waals surface area contributed by atoms with Crippen LogP contribution in [-0.4, -0.2) is 165 Å². The van der Waals surface area contributed by atoms with Gasteiger partial charge in [-0.05, 0) is 32.1 Å². The third-order valence-electron chi connectivity index (χ3n) is 21.1. The molecule has 0 radical (unpaired) electrons. The summed E-state index contributed by atoms with van der Waals surface area (Å²) in [4.78, 5) is 41.4. The number of aliphatic hydroxyl groups excluding tert-OH is 6. The van der Waals surface area contributed by atoms with Crippen LogP contribution in [-0.2, 0) is 27.7 Å². The van der Waals surface area contributed by atoms with E-state index in [1.165, 1.54) is 263 Å². The van der Waals surface area contributed by atoms with Crippen LogP contribution < -0.4 is 16.0 Å². The molecule has 0 saturated heterocycles. The minimum Gasteiger partial charge on any atom is -0.394 e. The minimum atomic E-state index is -4.36. The molecule has 596 valence electrons. The molecule has 0 fully saturated rings. The first-order chi connectivity index (χ1) is 48.6. The van der Waals surface area contributed by atoms with E-state index in [2.05, 4.69) is 57.7 Å². The largest absolute Gasteiger partial charge is 0.501 e. The van der Waals surface area contributed by atoms with Crippen molar-refractivity contribution in [1.82, 2.24) is 16.0 Å². The summed E-state index contributed by atoms with van der Waals surface area (Å²) in [6, 6.07) is 0.118. The molecule has 0 heterocycles. The number of hydrogen-bond donors (Lipinski definition) is 9. The van der Waals surface area contributed by atoms with Crippen molar-refractivity contribution in [3.05, 3.63) is 0 Å². The van der Waals surface area contributed by atoms with Crippen LogP contribution >= 0.6 is 0 Å². The molecular weight excluding hydrogens is 1270 g/mol. The molecule has 16 nitrogen and oxygen atoms in total. The second kappa shape index (κ2) is 69.0. The molecule has 0 aromatic carbocycles. The molecule has 0 rings (SSSR count). The summed E-state index contributed by atoms with van der Waals surface area (Å²) in [5, 5.41) is 75.5. The van der Waals surface area contributed by atoms with Crippen LogP contribution in [0.25, 0.3) is 0 Å². The maximum Gasteiger partial charge on any atom is 0.501 e. The van der Waals surface area contributed by atoms with E-state index < -0.39 is 84.9 Å². The van der Waals surface area contributed by atoms with Gasteiger partial charge in [-0.1, -0.05) is 349 Å². The lowest BCUT2D eigenvalue weighted by atomic mass is 10.0. The maximum absolute atomic E-state index is 13.8. The number of carbonyl (C=O) groups excluding carboxylic acids is 3. The highest BCUT2D eigenvalue weighted by atomic mass is 28.4. The molecule has 17 heteroatoms. The zero-order valence-corrected chi connectivity index (χ0v) is 67.8. The number of quaternary nitrogens is 1. The normalized spacial score (nSPS) is 12.5. The number of rotatable bonds is 81. The molecule has 0 aliphatic heterocycles. The van der Waals surface area contributed by atoms with E-state index in [9.17, 15) is 45.0 Å². The van der Waals surface area contributed by atoms with Gasteiger partial charge in [-0.3, -0.25) is 14.4 Å². The number of nitrogens with zero attached hydrogens (tertiary/aromatic N) is 1. The lowest BCUT2D eigenvalue weighted by molar-refractivity contribution is -0.890. The van der Waals surface area contributed by atoms with E-state index in [1.54, 1.807) is 0 Å². The average Bonchev–Trinajstić information content (AvgIpc) is 0.815. The lowest BCUT2D eigenvalue weighted by Gasteiger charge is -2.41. The minimum absolute atomic E-state index is 0.118. The molecule has 0 aromatic rings. The zero-order chi connectivity index (χ0) is 73.7. The van der Waals surface area contributed by atoms with E-state index in [0.717, 1.165) is 77.2 Å². The first kappa shape index (κ1) is 98.2. The monoisotopic (exact) mass is 1440 g/mol. The molecule has 0 aromatic heterocycles. The smallest absolute Gasteiger partial charge is 0.394 e. The van der Waals surface area contributed by atoms with E-state index in [4.69, 9.17) is 13.3 Å². The number of amides is 3. The highest BCUT2D eigenvalue weighted by molar-refractivity contribution is 6.60. The number of unbranched alkanes of at least 4 members (excludes halogenated alkanes) is 51. The number of aliphatic hydroxyl groups is 6. The summed E-state index contributed by atoms with van der Waals surface area (Å²) < 4.78 is 21.3. The van der Waals surface area contributed by atoms with Gasteiger partial charge < -0.3 is 64.4 Å². The molecule has 0 saturated carbocycles. The third kappa shape index (κ3) is 56.5. The van der Waals surface area contributed by atoms with Crippen LogP contribution in [0.2, 0.25) is 6.04 Å². The van der Waals surface area contributed by atoms with Gasteiger partial charge >= 0.3 is 8.80 Å². The van der Waals surface area contributed by atoms with Crippen molar-refractivity contribution >= 4 is 26.5 Å². The molecule has 0 unspecified atom stereocenters. The van der Waals surface area contributed by atoms with Crippen molar-refractivity contribution in [2.24, 2.45) is 0 Å². The summed E-state index contributed by atoms with van der Waals surface area (Å²) in [6.45, 7) is 5.02. The van der Waals surface area contributed by atoms with Crippen molar-refractivity contribution in [3.8, 4) is 0 Å². The number of nitrogens with one attached hydrogen (secondary N) is 3. The van der Waals surface area contributed by atoms with Gasteiger partial charge in [0, 0.05) is 31.7 Å². The van der Waals surface area contributed by atoms with Gasteiger partial charge in [-0.15, -0.1) is 0 Å². The predicted molar refractivity (Wildman–Crippen MR) is 420 cm³/mol. The van der Waals surface area contributed by atoms with E-state index in [1.807, 2.05) is 0 Å². The molecule has 0 bridgehead atoms. The molecule has 100 heavy (non-hydrogen) atoms. The second-order valence-corrected chi connectivity index (χ2v) is 34.5. The van der Waals surface area contributed by atoms with Crippen LogP contribution in [0.15, 0.2) is 0 Å². The van der Waals surface area contributed by atoms with Crippen molar-refractivity contribution in [3.63, 3.8) is 0 Å². The Labute approximate surface area is 618 Å². The third-order valence-corrected chi connectivity index (χ3v) is 23.8. The van der Waals surface area contributed by atoms with E-state index in [0.29, 0.717) is 36.7 Å². The molecular formula is C83H169N4O12Si+. The van der Waals surface area contributed by atoms with Crippen LogP contribution in [0, 0.1) is 0 Å². The van der Waals surface area contributed by atoms with Gasteiger partial charge in [0.05, 0.1) is 86.6 Å². The summed E-state index contributed by atoms with van der Waals surface area (Å²) in [5.74, 6) is -1.06. The van der Waals surface area contributed by atoms with Crippen molar-refractivity contribution in [2.45, 2.75) is 429 Å². The van der Waals surface area contributed by atoms with Crippen LogP contribution in [0.5, 0.6) is 0 Å². The first-order valence-electron chi connectivity index (χ1n) is 42.9. The highest BCUT2D eigenvalue weighted by Gasteiger charge is 2.49. The van der Waals surface area contributed by atoms with Crippen LogP contribution in [0.3, 0.4) is 0 Å². The Morgan fingerprint density at radius 3 is 0.630 bits per heavy atom. The summed E-state index contributed by atoms with van der Waals surface area (Å²) in [5.41, 5.74) is -5.08. The van der Waals surface area contributed by atoms with Gasteiger partial charge in [-0.25, -0.2) is 0 Å². The van der Waals surface area contributed by atoms with Crippen molar-refractivity contribution in [2.75, 3.05) is 86.6 Å². The van der Waals surface area contributed by atoms with E-state index in [-0.39, 0.29) is 43.0 Å². The Morgan fingerprint density at radius 1 is 0.270 bits per heavy atom. The standard InChI is InChI=1S/C83H168N4O12Si/c1-7-11-15-19-23-27-31-34-37-40-43-46-50-54-58-63-78(94)84-81(69-88,70-89)75-97-100(68-62-67-87(5,6)66-61-57-53-49-30-26-22-18-14-10-4,98-76-82(71-90,72-91)85-79(95)64-59-55-51-47-44-41-38-35-32-28-24-20-16-12-8-2)99-77-83(73-92,74-93)86-80(96)65-60-56-52-48-45-42-39-36-33-29-25-21-17-13-9-3/h88-93H,7-77H2,1-6H3,(H2-,84,85,86,94,95,96)/p+1. The predicted octanol–water partition coefficient (Wildman–Crippen LogP) is 18.7. The Bertz CT molecular complexity index is 1630. The molecule has 0 atom stereocenters. The molecule has 0 aliphatic rings. The molecule has 0 spiro atoms. The highest BCUT2D eigenvalue weighted by Crippen LogP contribution is 2.27.